The van der Waals surface area contributed by atoms with Crippen molar-refractivity contribution in [2.75, 3.05) is 14.1 Å². The quantitative estimate of drug-likeness (QED) is 0.164. The lowest BCUT2D eigenvalue weighted by Gasteiger charge is -2.26. The molecule has 4 aromatic rings. The van der Waals surface area contributed by atoms with E-state index in [0.717, 1.165) is 48.5 Å². The SMILES string of the molecule is CN(C)P(c1ccc(F)cc1F)c1ccc(F)cc1F.Cl.Fc1ccc(P(Cl)c2ccc(F)cc2F)c(F)c1. The van der Waals surface area contributed by atoms with Crippen molar-refractivity contribution < 1.29 is 35.1 Å². The molecule has 0 aliphatic heterocycles. The molecule has 0 amide bonds. The van der Waals surface area contributed by atoms with E-state index in [2.05, 4.69) is 0 Å². The Labute approximate surface area is 233 Å². The molecule has 0 atom stereocenters. The van der Waals surface area contributed by atoms with Crippen molar-refractivity contribution in [2.24, 2.45) is 0 Å². The van der Waals surface area contributed by atoms with Crippen LogP contribution in [0.1, 0.15) is 0 Å². The first-order chi connectivity index (χ1) is 17.9. The van der Waals surface area contributed by atoms with Crippen LogP contribution in [0.2, 0.25) is 0 Å². The van der Waals surface area contributed by atoms with Crippen LogP contribution in [-0.2, 0) is 0 Å². The van der Waals surface area contributed by atoms with Crippen molar-refractivity contribution in [1.82, 2.24) is 4.67 Å². The van der Waals surface area contributed by atoms with Crippen LogP contribution in [0.5, 0.6) is 0 Å². The van der Waals surface area contributed by atoms with Crippen molar-refractivity contribution in [3.05, 3.63) is 119 Å². The summed E-state index contributed by atoms with van der Waals surface area (Å²) in [5, 5.41) is 0.381. The summed E-state index contributed by atoms with van der Waals surface area (Å²) < 4.78 is 108. The summed E-state index contributed by atoms with van der Waals surface area (Å²) in [5.41, 5.74) is 0. The smallest absolute Gasteiger partial charge is 0.135 e. The molecule has 13 heteroatoms. The summed E-state index contributed by atoms with van der Waals surface area (Å²) in [4.78, 5) is 0. The van der Waals surface area contributed by atoms with Crippen LogP contribution in [0.3, 0.4) is 0 Å². The molecule has 0 N–H and O–H groups in total. The molecule has 0 fully saturated rings. The Bertz CT molecular complexity index is 1340. The lowest BCUT2D eigenvalue weighted by molar-refractivity contribution is 0.584. The average Bonchev–Trinajstić information content (AvgIpc) is 2.82. The van der Waals surface area contributed by atoms with E-state index in [1.54, 1.807) is 18.8 Å². The highest BCUT2D eigenvalue weighted by atomic mass is 35.7. The molecule has 208 valence electrons. The Balaban J connectivity index is 0.000000268. The second kappa shape index (κ2) is 14.4. The van der Waals surface area contributed by atoms with Gasteiger partial charge >= 0.3 is 0 Å². The summed E-state index contributed by atoms with van der Waals surface area (Å²) in [5.74, 6) is -6.05. The molecule has 0 aliphatic rings. The summed E-state index contributed by atoms with van der Waals surface area (Å²) in [7, 11) is -0.0467. The van der Waals surface area contributed by atoms with Crippen LogP contribution in [-0.4, -0.2) is 18.8 Å². The number of halogens is 10. The van der Waals surface area contributed by atoms with Crippen molar-refractivity contribution >= 4 is 60.2 Å². The monoisotopic (exact) mass is 629 g/mol. The highest BCUT2D eigenvalue weighted by Crippen LogP contribution is 2.41. The molecule has 39 heavy (non-hydrogen) atoms. The largest absolute Gasteiger partial charge is 0.281 e. The third-order valence-electron chi connectivity index (χ3n) is 4.92. The first kappa shape index (κ1) is 32.9. The molecular weight excluding hydrogens is 611 g/mol. The fourth-order valence-corrected chi connectivity index (χ4v) is 7.36. The fraction of sp³-hybridized carbons (Fsp3) is 0.0769. The van der Waals surface area contributed by atoms with Crippen LogP contribution in [0, 0.1) is 46.5 Å². The normalized spacial score (nSPS) is 10.9. The minimum absolute atomic E-state index is 0. The van der Waals surface area contributed by atoms with Gasteiger partial charge in [0.05, 0.1) is 7.27 Å². The highest BCUT2D eigenvalue weighted by Gasteiger charge is 2.24. The van der Waals surface area contributed by atoms with Crippen LogP contribution in [0.15, 0.2) is 72.8 Å². The average molecular weight is 630 g/mol. The van der Waals surface area contributed by atoms with E-state index in [1.807, 2.05) is 0 Å². The molecule has 0 bridgehead atoms. The molecule has 0 saturated carbocycles. The van der Waals surface area contributed by atoms with E-state index >= 15 is 0 Å². The zero-order chi connectivity index (χ0) is 28.1. The first-order valence-electron chi connectivity index (χ1n) is 10.6. The maximum absolute atomic E-state index is 13.9. The predicted octanol–water partition coefficient (Wildman–Crippen LogP) is 7.40. The molecule has 0 saturated heterocycles. The first-order valence-corrected chi connectivity index (χ1v) is 14.2. The number of benzene rings is 4. The minimum Gasteiger partial charge on any atom is -0.281 e. The van der Waals surface area contributed by atoms with Gasteiger partial charge in [0.2, 0.25) is 0 Å². The van der Waals surface area contributed by atoms with Gasteiger partial charge in [-0.25, -0.2) is 35.1 Å². The summed E-state index contributed by atoms with van der Waals surface area (Å²) in [6, 6.07) is 12.1. The number of rotatable bonds is 5. The van der Waals surface area contributed by atoms with Crippen LogP contribution in [0.4, 0.5) is 35.1 Å². The maximum Gasteiger partial charge on any atom is 0.135 e. The van der Waals surface area contributed by atoms with Crippen molar-refractivity contribution in [3.63, 3.8) is 0 Å². The highest BCUT2D eigenvalue weighted by molar-refractivity contribution is 7.95. The Hall–Kier alpha value is -2.28. The van der Waals surface area contributed by atoms with Gasteiger partial charge in [-0.3, -0.25) is 4.67 Å². The molecular formula is C26H19Cl2F8NP2. The van der Waals surface area contributed by atoms with Gasteiger partial charge in [0.1, 0.15) is 46.5 Å². The van der Waals surface area contributed by atoms with Crippen molar-refractivity contribution in [2.45, 2.75) is 0 Å². The molecule has 0 heterocycles. The molecule has 4 rings (SSSR count). The van der Waals surface area contributed by atoms with Crippen molar-refractivity contribution in [1.29, 1.82) is 0 Å². The predicted molar refractivity (Wildman–Crippen MR) is 145 cm³/mol. The fourth-order valence-electron chi connectivity index (χ4n) is 3.28. The van der Waals surface area contributed by atoms with Gasteiger partial charge in [0.15, 0.2) is 0 Å². The zero-order valence-corrected chi connectivity index (χ0v) is 23.4. The molecule has 0 aromatic heterocycles. The summed E-state index contributed by atoms with van der Waals surface area (Å²) >= 11 is 5.99. The lowest BCUT2D eigenvalue weighted by atomic mass is 10.3. The van der Waals surface area contributed by atoms with Gasteiger partial charge in [0, 0.05) is 53.6 Å². The van der Waals surface area contributed by atoms with E-state index in [4.69, 9.17) is 11.2 Å². The van der Waals surface area contributed by atoms with E-state index in [0.29, 0.717) is 12.1 Å². The molecule has 0 radical (unpaired) electrons. The standard InChI is InChI=1S/C14H12F4NP.C12H6ClF4P.ClH/c1-19(2)20(13-5-3-9(15)7-11(13)17)14-6-4-10(16)8-12(14)18;13-18(11-3-1-7(14)5-9(11)16)12-4-2-8(15)6-10(12)17;/h3-8H,1-2H3;1-6H;1H. The minimum atomic E-state index is -1.85. The van der Waals surface area contributed by atoms with Crippen LogP contribution in [0.25, 0.3) is 0 Å². The molecule has 0 spiro atoms. The molecule has 1 nitrogen and oxygen atoms in total. The number of nitrogens with zero attached hydrogens (tertiary/aromatic N) is 1. The van der Waals surface area contributed by atoms with Gasteiger partial charge in [-0.05, 0) is 62.6 Å². The molecule has 0 aliphatic carbocycles. The van der Waals surface area contributed by atoms with E-state index in [1.165, 1.54) is 12.1 Å². The van der Waals surface area contributed by atoms with Crippen LogP contribution < -0.4 is 21.2 Å². The van der Waals surface area contributed by atoms with E-state index < -0.39 is 61.9 Å². The van der Waals surface area contributed by atoms with Gasteiger partial charge < -0.3 is 0 Å². The maximum atomic E-state index is 13.9. The molecule has 0 unspecified atom stereocenters. The van der Waals surface area contributed by atoms with Gasteiger partial charge in [0.25, 0.3) is 0 Å². The number of hydrogen-bond donors (Lipinski definition) is 0. The second-order valence-corrected chi connectivity index (χ2v) is 12.7. The third kappa shape index (κ3) is 8.36. The van der Waals surface area contributed by atoms with Crippen LogP contribution >= 0.6 is 39.0 Å². The third-order valence-corrected chi connectivity index (χ3v) is 10.0. The number of hydrogen-bond acceptors (Lipinski definition) is 1. The Kier molecular flexibility index (Phi) is 12.1. The summed E-state index contributed by atoms with van der Waals surface area (Å²) in [6.07, 6.45) is 0. The Morgan fingerprint density at radius 2 is 0.744 bits per heavy atom. The van der Waals surface area contributed by atoms with Gasteiger partial charge in [-0.15, -0.1) is 12.4 Å². The van der Waals surface area contributed by atoms with Gasteiger partial charge in [-0.2, -0.15) is 0 Å². The zero-order valence-electron chi connectivity index (χ0n) is 20.1. The van der Waals surface area contributed by atoms with Crippen molar-refractivity contribution in [3.8, 4) is 0 Å². The van der Waals surface area contributed by atoms with E-state index in [9.17, 15) is 35.1 Å². The lowest BCUT2D eigenvalue weighted by Crippen LogP contribution is -2.26. The second-order valence-electron chi connectivity index (χ2n) is 7.82. The Morgan fingerprint density at radius 1 is 0.487 bits per heavy atom. The van der Waals surface area contributed by atoms with Gasteiger partial charge in [-0.1, -0.05) is 11.2 Å². The molecule has 4 aromatic carbocycles. The summed E-state index contributed by atoms with van der Waals surface area (Å²) in [6.45, 7) is 0. The Morgan fingerprint density at radius 3 is 0.974 bits per heavy atom. The topological polar surface area (TPSA) is 3.24 Å². The van der Waals surface area contributed by atoms with E-state index in [-0.39, 0.29) is 33.6 Å².